The number of ketones is 1. The lowest BCUT2D eigenvalue weighted by atomic mass is 10.1. The van der Waals surface area contributed by atoms with Crippen LogP contribution >= 0.6 is 0 Å². The first kappa shape index (κ1) is 17.9. The molecule has 4 nitrogen and oxygen atoms in total. The van der Waals surface area contributed by atoms with Crippen LogP contribution in [0.15, 0.2) is 36.4 Å². The van der Waals surface area contributed by atoms with E-state index in [0.29, 0.717) is 13.2 Å². The Labute approximate surface area is 150 Å². The van der Waals surface area contributed by atoms with Crippen molar-refractivity contribution in [2.45, 2.75) is 39.8 Å². The third-order valence-corrected chi connectivity index (χ3v) is 5.03. The topological polar surface area (TPSA) is 34.5 Å². The standard InChI is InChI=1S/C21H28N2O2/c1-16-13-20(21(24)15-22-11-12-25-17(2)14-22)18(3)23(16)10-9-19-7-5-4-6-8-19/h4-8,13,17H,9-12,14-15H2,1-3H3/t17-/m1/s1. The molecule has 4 heteroatoms. The van der Waals surface area contributed by atoms with E-state index in [1.54, 1.807) is 0 Å². The van der Waals surface area contributed by atoms with Crippen molar-refractivity contribution in [1.82, 2.24) is 9.47 Å². The van der Waals surface area contributed by atoms with Crippen LogP contribution in [0.4, 0.5) is 0 Å². The molecule has 2 heterocycles. The molecule has 1 aliphatic heterocycles. The minimum absolute atomic E-state index is 0.208. The van der Waals surface area contributed by atoms with E-state index in [4.69, 9.17) is 4.74 Å². The number of benzene rings is 1. The van der Waals surface area contributed by atoms with Crippen molar-refractivity contribution in [2.75, 3.05) is 26.2 Å². The average Bonchev–Trinajstić information content (AvgIpc) is 2.88. The molecule has 1 saturated heterocycles. The molecule has 2 aromatic rings. The molecule has 1 aliphatic rings. The Morgan fingerprint density at radius 2 is 2.00 bits per heavy atom. The number of hydrogen-bond acceptors (Lipinski definition) is 3. The van der Waals surface area contributed by atoms with Gasteiger partial charge in [-0.05, 0) is 38.8 Å². The zero-order chi connectivity index (χ0) is 17.8. The maximum Gasteiger partial charge on any atom is 0.178 e. The molecule has 1 aromatic carbocycles. The van der Waals surface area contributed by atoms with Crippen molar-refractivity contribution in [1.29, 1.82) is 0 Å². The maximum atomic E-state index is 12.8. The Kier molecular flexibility index (Phi) is 5.71. The number of aryl methyl sites for hydroxylation is 2. The summed E-state index contributed by atoms with van der Waals surface area (Å²) in [4.78, 5) is 15.0. The molecule has 0 unspecified atom stereocenters. The third-order valence-electron chi connectivity index (χ3n) is 5.03. The Hall–Kier alpha value is -1.91. The first-order valence-corrected chi connectivity index (χ1v) is 9.12. The van der Waals surface area contributed by atoms with Crippen LogP contribution in [0.3, 0.4) is 0 Å². The highest BCUT2D eigenvalue weighted by molar-refractivity contribution is 5.99. The van der Waals surface area contributed by atoms with Crippen LogP contribution in [0.2, 0.25) is 0 Å². The molecule has 0 radical (unpaired) electrons. The first-order chi connectivity index (χ1) is 12.0. The molecule has 1 fully saturated rings. The van der Waals surface area contributed by atoms with Crippen LogP contribution in [0.1, 0.15) is 34.2 Å². The summed E-state index contributed by atoms with van der Waals surface area (Å²) in [6.07, 6.45) is 1.19. The number of carbonyl (C=O) groups is 1. The lowest BCUT2D eigenvalue weighted by Gasteiger charge is -2.30. The monoisotopic (exact) mass is 340 g/mol. The van der Waals surface area contributed by atoms with E-state index >= 15 is 0 Å². The number of rotatable bonds is 6. The van der Waals surface area contributed by atoms with E-state index in [0.717, 1.165) is 43.0 Å². The summed E-state index contributed by atoms with van der Waals surface area (Å²) in [5.41, 5.74) is 4.43. The van der Waals surface area contributed by atoms with Gasteiger partial charge in [-0.1, -0.05) is 30.3 Å². The van der Waals surface area contributed by atoms with Gasteiger partial charge in [0.05, 0.1) is 19.3 Å². The van der Waals surface area contributed by atoms with Gasteiger partial charge in [0.2, 0.25) is 0 Å². The van der Waals surface area contributed by atoms with Gasteiger partial charge in [-0.15, -0.1) is 0 Å². The number of nitrogens with zero attached hydrogens (tertiary/aromatic N) is 2. The Balaban J connectivity index is 1.67. The zero-order valence-corrected chi connectivity index (χ0v) is 15.5. The van der Waals surface area contributed by atoms with Gasteiger partial charge in [-0.3, -0.25) is 9.69 Å². The zero-order valence-electron chi connectivity index (χ0n) is 15.5. The van der Waals surface area contributed by atoms with Crippen molar-refractivity contribution in [3.05, 3.63) is 58.9 Å². The van der Waals surface area contributed by atoms with Crippen molar-refractivity contribution in [2.24, 2.45) is 0 Å². The molecule has 0 spiro atoms. The van der Waals surface area contributed by atoms with Gasteiger partial charge in [0.25, 0.3) is 0 Å². The molecule has 25 heavy (non-hydrogen) atoms. The Morgan fingerprint density at radius 3 is 2.72 bits per heavy atom. The second-order valence-corrected chi connectivity index (χ2v) is 7.01. The fourth-order valence-corrected chi connectivity index (χ4v) is 3.64. The molecule has 0 aliphatic carbocycles. The highest BCUT2D eigenvalue weighted by Crippen LogP contribution is 2.18. The SMILES string of the molecule is Cc1cc(C(=O)CN2CCO[C@H](C)C2)c(C)n1CCc1ccccc1. The molecule has 1 atom stereocenters. The number of hydrogen-bond donors (Lipinski definition) is 0. The van der Waals surface area contributed by atoms with Crippen LogP contribution in [0, 0.1) is 13.8 Å². The van der Waals surface area contributed by atoms with E-state index in [2.05, 4.69) is 54.5 Å². The van der Waals surface area contributed by atoms with Gasteiger partial charge in [0.1, 0.15) is 0 Å². The summed E-state index contributed by atoms with van der Waals surface area (Å²) in [7, 11) is 0. The molecule has 0 amide bonds. The van der Waals surface area contributed by atoms with Crippen LogP contribution in [-0.4, -0.2) is 47.6 Å². The van der Waals surface area contributed by atoms with E-state index < -0.39 is 0 Å². The second kappa shape index (κ2) is 7.98. The van der Waals surface area contributed by atoms with Crippen molar-refractivity contribution < 1.29 is 9.53 Å². The van der Waals surface area contributed by atoms with E-state index in [1.807, 2.05) is 12.1 Å². The Bertz CT molecular complexity index is 721. The normalized spacial score (nSPS) is 18.4. The largest absolute Gasteiger partial charge is 0.376 e. The van der Waals surface area contributed by atoms with E-state index in [-0.39, 0.29) is 11.9 Å². The van der Waals surface area contributed by atoms with Crippen molar-refractivity contribution >= 4 is 5.78 Å². The van der Waals surface area contributed by atoms with Gasteiger partial charge in [-0.25, -0.2) is 0 Å². The second-order valence-electron chi connectivity index (χ2n) is 7.01. The number of Topliss-reactive ketones (excluding diaryl/α,β-unsaturated/α-hetero) is 1. The van der Waals surface area contributed by atoms with Crippen LogP contribution in [0.5, 0.6) is 0 Å². The fraction of sp³-hybridized carbons (Fsp3) is 0.476. The maximum absolute atomic E-state index is 12.8. The smallest absolute Gasteiger partial charge is 0.178 e. The van der Waals surface area contributed by atoms with Crippen molar-refractivity contribution in [3.63, 3.8) is 0 Å². The number of morpholine rings is 1. The summed E-state index contributed by atoms with van der Waals surface area (Å²) in [5, 5.41) is 0. The molecule has 1 aromatic heterocycles. The summed E-state index contributed by atoms with van der Waals surface area (Å²) < 4.78 is 7.83. The molecule has 0 saturated carbocycles. The number of carbonyl (C=O) groups excluding carboxylic acids is 1. The van der Waals surface area contributed by atoms with E-state index in [1.165, 1.54) is 5.56 Å². The predicted octanol–water partition coefficient (Wildman–Crippen LogP) is 3.25. The first-order valence-electron chi connectivity index (χ1n) is 9.12. The van der Waals surface area contributed by atoms with Crippen molar-refractivity contribution in [3.8, 4) is 0 Å². The summed E-state index contributed by atoms with van der Waals surface area (Å²) >= 11 is 0. The lowest BCUT2D eigenvalue weighted by Crippen LogP contribution is -2.43. The highest BCUT2D eigenvalue weighted by atomic mass is 16.5. The number of aromatic nitrogens is 1. The molecular formula is C21H28N2O2. The predicted molar refractivity (Wildman–Crippen MR) is 100 cm³/mol. The number of ether oxygens (including phenoxy) is 1. The van der Waals surface area contributed by atoms with Crippen LogP contribution in [0.25, 0.3) is 0 Å². The summed E-state index contributed by atoms with van der Waals surface area (Å²) in [6.45, 7) is 9.98. The lowest BCUT2D eigenvalue weighted by molar-refractivity contribution is -0.0158. The summed E-state index contributed by atoms with van der Waals surface area (Å²) in [5.74, 6) is 0.216. The highest BCUT2D eigenvalue weighted by Gasteiger charge is 2.22. The average molecular weight is 340 g/mol. The Morgan fingerprint density at radius 1 is 1.24 bits per heavy atom. The van der Waals surface area contributed by atoms with Gasteiger partial charge in [0, 0.05) is 36.6 Å². The minimum Gasteiger partial charge on any atom is -0.376 e. The molecule has 3 rings (SSSR count). The van der Waals surface area contributed by atoms with Crippen LogP contribution < -0.4 is 0 Å². The molecule has 0 N–H and O–H groups in total. The van der Waals surface area contributed by atoms with Gasteiger partial charge in [-0.2, -0.15) is 0 Å². The third kappa shape index (κ3) is 4.39. The van der Waals surface area contributed by atoms with Gasteiger partial charge in [0.15, 0.2) is 5.78 Å². The van der Waals surface area contributed by atoms with Gasteiger partial charge >= 0.3 is 0 Å². The van der Waals surface area contributed by atoms with Crippen LogP contribution in [-0.2, 0) is 17.7 Å². The van der Waals surface area contributed by atoms with E-state index in [9.17, 15) is 4.79 Å². The molecular weight excluding hydrogens is 312 g/mol. The molecule has 0 bridgehead atoms. The van der Waals surface area contributed by atoms with Gasteiger partial charge < -0.3 is 9.30 Å². The summed E-state index contributed by atoms with van der Waals surface area (Å²) in [6, 6.07) is 12.5. The quantitative estimate of drug-likeness (QED) is 0.757. The molecule has 134 valence electrons. The fourth-order valence-electron chi connectivity index (χ4n) is 3.64. The minimum atomic E-state index is 0.208.